The number of hydrogen-bond acceptors (Lipinski definition) is 7. The van der Waals surface area contributed by atoms with Gasteiger partial charge in [0.05, 0.1) is 27.3 Å². The Hall–Kier alpha value is -3.43. The van der Waals surface area contributed by atoms with Crippen molar-refractivity contribution in [1.82, 2.24) is 14.9 Å². The van der Waals surface area contributed by atoms with Crippen molar-refractivity contribution in [1.29, 1.82) is 0 Å². The number of thiophene rings is 1. The fourth-order valence-electron chi connectivity index (χ4n) is 4.64. The van der Waals surface area contributed by atoms with E-state index in [1.807, 2.05) is 52.0 Å². The first kappa shape index (κ1) is 30.0. The zero-order chi connectivity index (χ0) is 29.9. The Bertz CT molecular complexity index is 1580. The van der Waals surface area contributed by atoms with Crippen molar-refractivity contribution >= 4 is 44.7 Å². The second kappa shape index (κ2) is 12.8. The second-order valence-electron chi connectivity index (χ2n) is 11.8. The molecule has 3 aromatic heterocycles. The van der Waals surface area contributed by atoms with Gasteiger partial charge >= 0.3 is 6.09 Å². The van der Waals surface area contributed by atoms with E-state index in [0.717, 1.165) is 55.5 Å². The van der Waals surface area contributed by atoms with Gasteiger partial charge in [0.2, 0.25) is 0 Å². The van der Waals surface area contributed by atoms with E-state index in [9.17, 15) is 4.79 Å². The Kier molecular flexibility index (Phi) is 9.18. The smallest absolute Gasteiger partial charge is 0.410 e. The Morgan fingerprint density at radius 1 is 1.10 bits per heavy atom. The molecule has 3 heterocycles. The topological polar surface area (TPSA) is 64.5 Å². The molecule has 9 heteroatoms. The molecular weight excluding hydrogens is 570 g/mol. The van der Waals surface area contributed by atoms with Crippen LogP contribution >= 0.6 is 23.6 Å². The molecule has 42 heavy (non-hydrogen) atoms. The third kappa shape index (κ3) is 7.89. The maximum Gasteiger partial charge on any atom is 0.410 e. The molecule has 0 aliphatic heterocycles. The van der Waals surface area contributed by atoms with Gasteiger partial charge in [0, 0.05) is 31.4 Å². The number of amides is 1. The molecule has 1 aromatic carbocycles. The number of aromatic nitrogens is 2. The van der Waals surface area contributed by atoms with Gasteiger partial charge in [0.1, 0.15) is 11.4 Å². The fourth-order valence-corrected chi connectivity index (χ4v) is 6.08. The Balaban J connectivity index is 1.29. The van der Waals surface area contributed by atoms with Crippen LogP contribution in [0.25, 0.3) is 20.8 Å². The number of carbonyl (C=O) groups is 1. The zero-order valence-electron chi connectivity index (χ0n) is 24.5. The number of hydrogen-bond donors (Lipinski definition) is 0. The monoisotopic (exact) mass is 605 g/mol. The Morgan fingerprint density at radius 2 is 1.88 bits per heavy atom. The van der Waals surface area contributed by atoms with E-state index in [1.54, 1.807) is 29.4 Å². The van der Waals surface area contributed by atoms with Crippen molar-refractivity contribution in [3.8, 4) is 22.1 Å². The Morgan fingerprint density at radius 3 is 2.55 bits per heavy atom. The molecule has 4 aromatic rings. The molecule has 0 bridgehead atoms. The summed E-state index contributed by atoms with van der Waals surface area (Å²) < 4.78 is 27.4. The highest BCUT2D eigenvalue weighted by Gasteiger charge is 2.23. The lowest BCUT2D eigenvalue weighted by molar-refractivity contribution is 0.0233. The molecule has 220 valence electrons. The minimum atomic E-state index is -0.554. The first-order chi connectivity index (χ1) is 20.1. The number of ether oxygens (including phenoxy) is 2. The first-order valence-corrected chi connectivity index (χ1v) is 15.6. The number of thiocarbonyl (C=S) groups is 1. The molecule has 6 nitrogen and oxygen atoms in total. The first-order valence-electron chi connectivity index (χ1n) is 14.4. The lowest BCUT2D eigenvalue weighted by Crippen LogP contribution is -2.36. The van der Waals surface area contributed by atoms with Gasteiger partial charge < -0.3 is 14.4 Å². The summed E-state index contributed by atoms with van der Waals surface area (Å²) in [6.45, 7) is 8.63. The highest BCUT2D eigenvalue weighted by atomic mass is 32.1. The average molecular weight is 606 g/mol. The normalized spacial score (nSPS) is 13.3. The van der Waals surface area contributed by atoms with E-state index in [1.165, 1.54) is 30.2 Å². The van der Waals surface area contributed by atoms with Crippen LogP contribution in [0.3, 0.4) is 0 Å². The van der Waals surface area contributed by atoms with Gasteiger partial charge in [-0.3, -0.25) is 9.97 Å². The number of fused-ring (bicyclic) bond motifs is 1. The minimum absolute atomic E-state index is 0.165. The van der Waals surface area contributed by atoms with E-state index in [2.05, 4.69) is 9.97 Å². The SMILES string of the molecule is CCCN(Cc1ccc(-c2cc3nccc(Oc4ccc(CC(=S)CC5CC5)cc4F)c3s2)nc1)C(=O)OC(C)(C)C. The molecule has 0 atom stereocenters. The number of rotatable bonds is 11. The summed E-state index contributed by atoms with van der Waals surface area (Å²) in [6.07, 6.45) is 8.00. The van der Waals surface area contributed by atoms with E-state index < -0.39 is 11.4 Å². The molecule has 1 aliphatic rings. The molecule has 1 fully saturated rings. The van der Waals surface area contributed by atoms with Crippen molar-refractivity contribution < 1.29 is 18.7 Å². The molecule has 0 N–H and O–H groups in total. The van der Waals surface area contributed by atoms with E-state index in [0.29, 0.717) is 25.3 Å². The van der Waals surface area contributed by atoms with Gasteiger partial charge in [-0.25, -0.2) is 9.18 Å². The van der Waals surface area contributed by atoms with Gasteiger partial charge in [0.25, 0.3) is 0 Å². The number of pyridine rings is 2. The van der Waals surface area contributed by atoms with Crippen molar-refractivity contribution in [2.24, 2.45) is 5.92 Å². The van der Waals surface area contributed by atoms with Crippen LogP contribution in [0.15, 0.2) is 54.9 Å². The zero-order valence-corrected chi connectivity index (χ0v) is 26.1. The largest absolute Gasteiger partial charge is 0.453 e. The van der Waals surface area contributed by atoms with Crippen LogP contribution in [0, 0.1) is 11.7 Å². The highest BCUT2D eigenvalue weighted by molar-refractivity contribution is 7.80. The summed E-state index contributed by atoms with van der Waals surface area (Å²) in [7, 11) is 0. The number of nitrogens with zero attached hydrogens (tertiary/aromatic N) is 3. The quantitative estimate of drug-likeness (QED) is 0.159. The van der Waals surface area contributed by atoms with Crippen LogP contribution in [0.4, 0.5) is 9.18 Å². The van der Waals surface area contributed by atoms with Gasteiger partial charge in [-0.05, 0) is 92.6 Å². The molecule has 1 amide bonds. The number of carbonyl (C=O) groups excluding carboxylic acids is 1. The highest BCUT2D eigenvalue weighted by Crippen LogP contribution is 2.39. The van der Waals surface area contributed by atoms with Crippen molar-refractivity contribution in [2.45, 2.75) is 71.9 Å². The van der Waals surface area contributed by atoms with Crippen molar-refractivity contribution in [2.75, 3.05) is 6.54 Å². The molecular formula is C33H36FN3O3S2. The van der Waals surface area contributed by atoms with Crippen LogP contribution in [0.5, 0.6) is 11.5 Å². The summed E-state index contributed by atoms with van der Waals surface area (Å²) >= 11 is 7.00. The summed E-state index contributed by atoms with van der Waals surface area (Å²) in [5, 5.41) is 0. The van der Waals surface area contributed by atoms with E-state index >= 15 is 4.39 Å². The summed E-state index contributed by atoms with van der Waals surface area (Å²) in [5.74, 6) is 1.02. The lowest BCUT2D eigenvalue weighted by Gasteiger charge is -2.27. The summed E-state index contributed by atoms with van der Waals surface area (Å²) in [6, 6.07) is 12.7. The molecule has 0 spiro atoms. The molecule has 5 rings (SSSR count). The summed E-state index contributed by atoms with van der Waals surface area (Å²) in [5.41, 5.74) is 2.75. The molecule has 1 saturated carbocycles. The number of halogens is 1. The van der Waals surface area contributed by atoms with Gasteiger partial charge in [0.15, 0.2) is 11.6 Å². The summed E-state index contributed by atoms with van der Waals surface area (Å²) in [4.78, 5) is 25.4. The molecule has 1 aliphatic carbocycles. The van der Waals surface area contributed by atoms with Crippen molar-refractivity contribution in [3.05, 3.63) is 71.8 Å². The molecule has 0 unspecified atom stereocenters. The van der Waals surface area contributed by atoms with Crippen LogP contribution in [-0.2, 0) is 17.7 Å². The van der Waals surface area contributed by atoms with Gasteiger partial charge in [-0.2, -0.15) is 0 Å². The Labute approximate surface area is 255 Å². The van der Waals surface area contributed by atoms with Crippen LogP contribution in [0.1, 0.15) is 64.5 Å². The maximum atomic E-state index is 15.0. The third-order valence-corrected chi connectivity index (χ3v) is 8.27. The average Bonchev–Trinajstić information content (AvgIpc) is 3.63. The van der Waals surface area contributed by atoms with Crippen LogP contribution in [0.2, 0.25) is 0 Å². The maximum absolute atomic E-state index is 15.0. The minimum Gasteiger partial charge on any atom is -0.453 e. The van der Waals surface area contributed by atoms with Gasteiger partial charge in [-0.1, -0.05) is 31.3 Å². The van der Waals surface area contributed by atoms with Gasteiger partial charge in [-0.15, -0.1) is 11.3 Å². The predicted molar refractivity (Wildman–Crippen MR) is 170 cm³/mol. The predicted octanol–water partition coefficient (Wildman–Crippen LogP) is 9.15. The fraction of sp³-hybridized carbons (Fsp3) is 0.394. The number of benzene rings is 1. The lowest BCUT2D eigenvalue weighted by atomic mass is 10.1. The molecule has 0 radical (unpaired) electrons. The van der Waals surface area contributed by atoms with Crippen LogP contribution in [-0.4, -0.2) is 38.0 Å². The molecule has 0 saturated heterocycles. The van der Waals surface area contributed by atoms with E-state index in [4.69, 9.17) is 21.7 Å². The second-order valence-corrected chi connectivity index (χ2v) is 13.4. The van der Waals surface area contributed by atoms with Crippen molar-refractivity contribution in [3.63, 3.8) is 0 Å². The standard InChI is InChI=1S/C33H36FN3O3S2/c1-5-14-37(32(38)40-33(2,3)4)20-23-8-10-26(36-19-23)30-18-27-31(42-30)29(12-13-35-27)39-28-11-9-22(17-25(28)34)16-24(41)15-21-6-7-21/h8-13,17-19,21H,5-7,14-16,20H2,1-4H3. The van der Waals surface area contributed by atoms with Crippen LogP contribution < -0.4 is 4.74 Å². The third-order valence-electron chi connectivity index (χ3n) is 6.80. The van der Waals surface area contributed by atoms with E-state index in [-0.39, 0.29) is 11.8 Å².